The first-order valence-electron chi connectivity index (χ1n) is 48.8. The molecule has 5 aromatic carbocycles. The van der Waals surface area contributed by atoms with E-state index in [9.17, 15) is 41.7 Å². The topological polar surface area (TPSA) is 234 Å². The normalized spacial score (nSPS) is 29.6. The number of rotatable bonds is 20. The van der Waals surface area contributed by atoms with Crippen molar-refractivity contribution in [2.75, 3.05) is 13.2 Å². The number of aryl methyl sites for hydroxylation is 2. The number of carbonyl (C=O) groups excluding carboxylic acids is 2. The van der Waals surface area contributed by atoms with Gasteiger partial charge in [-0.2, -0.15) is 18.9 Å². The van der Waals surface area contributed by atoms with Crippen LogP contribution in [0.4, 0.5) is 0 Å². The summed E-state index contributed by atoms with van der Waals surface area (Å²) in [4.78, 5) is 23.0. The molecule has 10 saturated carbocycles. The van der Waals surface area contributed by atoms with Crippen LogP contribution in [0.1, 0.15) is 282 Å². The van der Waals surface area contributed by atoms with E-state index in [0.717, 1.165) is 107 Å². The van der Waals surface area contributed by atoms with Crippen molar-refractivity contribution in [3.8, 4) is 12.1 Å². The van der Waals surface area contributed by atoms with E-state index in [4.69, 9.17) is 49.9 Å². The Hall–Kier alpha value is -0.455. The van der Waals surface area contributed by atoms with Crippen molar-refractivity contribution in [2.24, 2.45) is 116 Å². The summed E-state index contributed by atoms with van der Waals surface area (Å²) in [5, 5.41) is 48.3. The quantitative estimate of drug-likeness (QED) is 0.0165. The van der Waals surface area contributed by atoms with Crippen molar-refractivity contribution in [3.05, 3.63) is 186 Å². The van der Waals surface area contributed by atoms with Crippen LogP contribution in [-0.4, -0.2) is 86.1 Å². The minimum Gasteiger partial charge on any atom is 0 e. The number of aliphatic hydroxyl groups is 3. The average molecular weight is 2280 g/mol. The zero-order valence-electron chi connectivity index (χ0n) is 84.5. The Labute approximate surface area is 941 Å². The molecule has 10 aliphatic rings. The number of Topliss-reactive ketones (excluding diaryl/α,β-unsaturated/α-hetero) is 1. The van der Waals surface area contributed by atoms with E-state index in [1.54, 1.807) is 36.4 Å². The number of halogens is 2. The molecule has 24 heteroatoms. The van der Waals surface area contributed by atoms with Crippen LogP contribution in [0.15, 0.2) is 160 Å². The molecular weight excluding hydrogens is 2100 g/mol. The molecule has 3 N–H and O–H groups in total. The zero-order valence-corrected chi connectivity index (χ0v) is 102. The monoisotopic (exact) mass is 2280 g/mol. The van der Waals surface area contributed by atoms with Gasteiger partial charge in [0.05, 0.1) is 40.7 Å². The first-order valence-corrected chi connectivity index (χ1v) is 63.9. The molecule has 0 amide bonds. The average Bonchev–Trinajstić information content (AvgIpc) is 1.63. The number of carbonyl (C=O) groups is 2. The first-order chi connectivity index (χ1) is 60.4. The SMILES string of the molecule is C.C.C.C[C@H](CC#N)[C@H]1CC[C@H]2C(=O)CCC[C@]12C.C[C@H](CO)[C@H]1CC[C@H]2[C@@H](O)CCC[C@]12C.C[Si](C)(C)[N-][Si](C)(C)C.Cc1ccc(S(=O)(=O)Cl)cc1.Cc1ccc(S(=O)(=O)OC[C@@H](C)[C@H]2CC[C@H]3[C@@H](O)CCC[C@]23C)cc1.[CH-]=C1CCC[C@]2(C)[C@@H]([C@H](C)CC#N)CC[C@@H]12.[CH-]=C1CCC[C@]2(C)[C@@H]([C@H](C)CC=O)CC[C@@H]12.[CH2-]P(Br)(c1ccccc1)(c1ccccc1)c1ccccc1.[Na+].[Y].[Y].[Y]. The second-order valence-electron chi connectivity index (χ2n) is 44.1. The molecule has 22 atom stereocenters. The Balaban J connectivity index is 0.000000783. The fourth-order valence-corrected chi connectivity index (χ4v) is 41.9. The fraction of sp³-hybridized carbons (Fsp3) is 0.652. The van der Waals surface area contributed by atoms with E-state index in [0.29, 0.717) is 131 Å². The number of aliphatic hydroxyl groups excluding tert-OH is 3. The van der Waals surface area contributed by atoms with Gasteiger partial charge in [-0.05, 0) is 264 Å². The predicted molar refractivity (Wildman–Crippen MR) is 566 cm³/mol. The minimum absolute atomic E-state index is 0. The Morgan fingerprint density at radius 1 is 0.500 bits per heavy atom. The van der Waals surface area contributed by atoms with Crippen molar-refractivity contribution in [1.29, 1.82) is 10.5 Å². The maximum Gasteiger partial charge on any atom is 1.00 e. The molecule has 5 aromatic rings. The van der Waals surface area contributed by atoms with Crippen LogP contribution in [0.3, 0.4) is 0 Å². The summed E-state index contributed by atoms with van der Waals surface area (Å²) in [6.07, 6.45) is 31.4. The van der Waals surface area contributed by atoms with Crippen molar-refractivity contribution in [3.63, 3.8) is 0 Å². The summed E-state index contributed by atoms with van der Waals surface area (Å²) in [7, 11) is -4.39. The third kappa shape index (κ3) is 34.0. The van der Waals surface area contributed by atoms with Gasteiger partial charge in [0, 0.05) is 147 Å². The number of fused-ring (bicyclic) bond motifs is 5. The Morgan fingerprint density at radius 3 is 1.15 bits per heavy atom. The van der Waals surface area contributed by atoms with E-state index in [1.807, 2.05) is 32.0 Å². The van der Waals surface area contributed by atoms with Crippen LogP contribution in [0, 0.1) is 172 Å². The maximum absolute atomic E-state index is 12.4. The van der Waals surface area contributed by atoms with Gasteiger partial charge in [0.1, 0.15) is 12.1 Å². The molecule has 0 aromatic heterocycles. The van der Waals surface area contributed by atoms with Crippen LogP contribution in [0.5, 0.6) is 0 Å². The fourth-order valence-electron chi connectivity index (χ4n) is 26.7. The van der Waals surface area contributed by atoms with E-state index < -0.39 is 40.9 Å². The smallest absolute Gasteiger partial charge is 0 e. The molecule has 3 radical (unpaired) electrons. The van der Waals surface area contributed by atoms with E-state index in [2.05, 4.69) is 209 Å². The van der Waals surface area contributed by atoms with Gasteiger partial charge < -0.3 is 37.9 Å². The van der Waals surface area contributed by atoms with E-state index >= 15 is 0 Å². The van der Waals surface area contributed by atoms with Crippen LogP contribution in [0.2, 0.25) is 39.3 Å². The zero-order chi connectivity index (χ0) is 95.5. The molecule has 15 rings (SSSR count). The van der Waals surface area contributed by atoms with Gasteiger partial charge in [0.2, 0.25) is 0 Å². The number of hydrogen-bond acceptors (Lipinski definition) is 12. The second kappa shape index (κ2) is 58.5. The van der Waals surface area contributed by atoms with Gasteiger partial charge in [-0.1, -0.05) is 221 Å². The number of hydrogen-bond donors (Lipinski definition) is 3. The summed E-state index contributed by atoms with van der Waals surface area (Å²) in [6.45, 7) is 57.9. The van der Waals surface area contributed by atoms with Gasteiger partial charge in [-0.3, -0.25) is 20.1 Å². The van der Waals surface area contributed by atoms with Crippen molar-refractivity contribution in [2.45, 2.75) is 346 Å². The largest absolute Gasteiger partial charge is 1.00 e. The predicted octanol–water partition coefficient (Wildman–Crippen LogP) is 25.8. The molecule has 0 heterocycles. The van der Waals surface area contributed by atoms with Crippen LogP contribution in [-0.2, 0) is 131 Å². The number of aldehydes is 1. The van der Waals surface area contributed by atoms with Crippen LogP contribution >= 0.6 is 31.5 Å². The van der Waals surface area contributed by atoms with Gasteiger partial charge in [-0.15, -0.1) is 0 Å². The number of allylic oxidation sites excluding steroid dienone is 2. The maximum atomic E-state index is 12.4. The molecule has 13 nitrogen and oxygen atoms in total. The van der Waals surface area contributed by atoms with Gasteiger partial charge in [0.15, 0.2) is 0 Å². The van der Waals surface area contributed by atoms with Gasteiger partial charge >= 0.3 is 164 Å². The molecule has 0 aliphatic heterocycles. The molecule has 0 unspecified atom stereocenters. The molecule has 136 heavy (non-hydrogen) atoms. The summed E-state index contributed by atoms with van der Waals surface area (Å²) in [5.74, 6) is 7.94. The number of nitriles is 2. The molecule has 10 aliphatic carbocycles. The molecule has 749 valence electrons. The standard InChI is InChI=1S/C20H30O4S.C19H17BrP.C15H22N.C15H23O.C14H21NO.C13H24O2.C7H7ClO2S.C6H18NSi2.3CH4.Na.3Y/c1-14-6-8-16(9-7-14)25(22,23)24-13-15(2)17-10-11-18-19(21)5-4-12-20(17,18)3;1-21(20,17-11-5-2-6-12-17,18-13-7-3-8-14-18)19-15-9-4-10-16-19;2*1-11-5-4-9-15(3)13(11)6-7-14(15)12(2)8-10-16;1-10(7-9-15)11-5-6-12-13(16)4-3-8-14(11,12)2;1-9(8-14)10-5-6-11-12(15)4-3-7-13(10,11)2;1-6-2-4-7(5-3-6)11(8,9)10;1-8(2,3)7-9(4,5)6;;;;;;;/h6-9,15,17-19,21H,4-5,10-13H2,1-3H3;2-16H,1H2;1,12-14H,4-9H2,2-3H3;1,10,12-14H,4-9H2,2-3H3;10-12H,3-8H2,1-2H3;9-12,14-15H,3-8H2,1-2H3;2-5H,1H3;1-6H3;3*1H4;;;;/q;3*-1;;;;-1;;;;+1;;;/t15-,17-,18+,19+,20-;;2*12-,13+,14-,15+;10-,11-,12+,14-;9-,10-,11+,12+,13-;;;;;;;;;/m1.1111........./s1. The van der Waals surface area contributed by atoms with Crippen molar-refractivity contribution < 1.29 is 174 Å². The van der Waals surface area contributed by atoms with E-state index in [-0.39, 0.29) is 195 Å². The molecule has 0 saturated heterocycles. The number of ketones is 1. The minimum atomic E-state index is -3.71. The van der Waals surface area contributed by atoms with Crippen molar-refractivity contribution in [1.82, 2.24) is 0 Å². The third-order valence-electron chi connectivity index (χ3n) is 33.0. The number of nitrogens with zero attached hydrogens (tertiary/aromatic N) is 3. The van der Waals surface area contributed by atoms with Gasteiger partial charge in [0.25, 0.3) is 19.2 Å². The van der Waals surface area contributed by atoms with Crippen molar-refractivity contribution >= 4 is 95.1 Å². The summed E-state index contributed by atoms with van der Waals surface area (Å²) >= 11 is 4.13. The summed E-state index contributed by atoms with van der Waals surface area (Å²) in [5.41, 5.74) is 5.86. The van der Waals surface area contributed by atoms with Crippen LogP contribution < -0.4 is 45.5 Å². The Morgan fingerprint density at radius 2 is 0.816 bits per heavy atom. The van der Waals surface area contributed by atoms with E-state index in [1.165, 1.54) is 110 Å². The Bertz CT molecular complexity index is 4600. The van der Waals surface area contributed by atoms with Crippen LogP contribution in [0.25, 0.3) is 4.65 Å². The number of benzene rings is 5. The summed E-state index contributed by atoms with van der Waals surface area (Å²) in [6, 6.07) is 49.4. The third-order valence-corrected chi connectivity index (χ3v) is 48.8. The molecule has 0 bridgehead atoms. The molecule has 10 fully saturated rings. The summed E-state index contributed by atoms with van der Waals surface area (Å²) < 4.78 is 56.5. The van der Waals surface area contributed by atoms with Gasteiger partial charge in [-0.25, -0.2) is 8.42 Å². The molecular formula is C112H174BrClN3NaO10PS2Si2Y3-3. The second-order valence-corrected chi connectivity index (χ2v) is 66.4. The molecule has 0 spiro atoms. The first kappa shape index (κ1) is 134. The Kier molecular flexibility index (Phi) is 57.4.